The highest BCUT2D eigenvalue weighted by Crippen LogP contribution is 2.59. The minimum Gasteiger partial charge on any atom is -0.497 e. The lowest BCUT2D eigenvalue weighted by atomic mass is 9.70. The van der Waals surface area contributed by atoms with Crippen LogP contribution in [-0.4, -0.2) is 90.8 Å². The molecule has 37 heavy (non-hydrogen) atoms. The molecule has 0 aromatic heterocycles. The zero-order valence-corrected chi connectivity index (χ0v) is 21.7. The lowest BCUT2D eigenvalue weighted by Crippen LogP contribution is -2.56. The van der Waals surface area contributed by atoms with Crippen molar-refractivity contribution in [1.29, 1.82) is 0 Å². The van der Waals surface area contributed by atoms with Crippen molar-refractivity contribution in [2.45, 2.75) is 43.4 Å². The summed E-state index contributed by atoms with van der Waals surface area (Å²) in [6.45, 7) is 8.45. The topological polar surface area (TPSA) is 99.6 Å². The van der Waals surface area contributed by atoms with Crippen molar-refractivity contribution >= 4 is 23.4 Å². The molecule has 2 unspecified atom stereocenters. The monoisotopic (exact) mass is 511 g/mol. The molecule has 3 saturated heterocycles. The number of hydrogen-bond acceptors (Lipinski definition) is 6. The van der Waals surface area contributed by atoms with Crippen molar-refractivity contribution in [3.8, 4) is 5.75 Å². The van der Waals surface area contributed by atoms with Gasteiger partial charge in [-0.2, -0.15) is 0 Å². The molecule has 5 atom stereocenters. The van der Waals surface area contributed by atoms with Gasteiger partial charge in [-0.15, -0.1) is 13.2 Å². The van der Waals surface area contributed by atoms with Crippen LogP contribution in [0.1, 0.15) is 25.7 Å². The van der Waals surface area contributed by atoms with E-state index >= 15 is 0 Å². The van der Waals surface area contributed by atoms with Crippen molar-refractivity contribution in [2.24, 2.45) is 11.8 Å². The van der Waals surface area contributed by atoms with E-state index in [0.717, 1.165) is 0 Å². The number of benzene rings is 1. The standard InChI is InChI=1S/C28H37N3O6/c1-5-15-29(3)25(33)22-21-13-14-28(37-21)23(22)26(34)31(17-7-8-18-32)24(28)27(35)30(16-6-2)19-9-11-20(36-4)12-10-19/h5-6,9-12,21-24,32H,1-2,7-8,13-18H2,3-4H3/t21-,22+,23+,24?,28?/m1/s1. The van der Waals surface area contributed by atoms with E-state index < -0.39 is 29.6 Å². The van der Waals surface area contributed by atoms with Crippen molar-refractivity contribution in [1.82, 2.24) is 9.80 Å². The maximum absolute atomic E-state index is 14.3. The third-order valence-electron chi connectivity index (χ3n) is 7.87. The zero-order chi connectivity index (χ0) is 26.7. The number of likely N-dealkylation sites (tertiary alicyclic amines) is 1. The number of aliphatic hydroxyl groups is 1. The Hall–Kier alpha value is -3.17. The van der Waals surface area contributed by atoms with Gasteiger partial charge in [0.1, 0.15) is 17.4 Å². The Balaban J connectivity index is 1.73. The van der Waals surface area contributed by atoms with Gasteiger partial charge in [-0.05, 0) is 49.9 Å². The van der Waals surface area contributed by atoms with Crippen molar-refractivity contribution in [3.05, 3.63) is 49.6 Å². The van der Waals surface area contributed by atoms with Crippen molar-refractivity contribution in [2.75, 3.05) is 45.3 Å². The molecule has 4 rings (SSSR count). The van der Waals surface area contributed by atoms with Gasteiger partial charge in [-0.3, -0.25) is 14.4 Å². The summed E-state index contributed by atoms with van der Waals surface area (Å²) in [7, 11) is 3.27. The van der Waals surface area contributed by atoms with E-state index in [1.54, 1.807) is 65.3 Å². The Morgan fingerprint density at radius 3 is 2.51 bits per heavy atom. The average molecular weight is 512 g/mol. The first kappa shape index (κ1) is 26.9. The number of fused-ring (bicyclic) bond motifs is 1. The van der Waals surface area contributed by atoms with Gasteiger partial charge in [0, 0.05) is 39.0 Å². The molecule has 1 aromatic carbocycles. The predicted octanol–water partition coefficient (Wildman–Crippen LogP) is 2.01. The number of anilines is 1. The van der Waals surface area contributed by atoms with Gasteiger partial charge in [0.05, 0.1) is 25.0 Å². The summed E-state index contributed by atoms with van der Waals surface area (Å²) in [6, 6.07) is 6.27. The van der Waals surface area contributed by atoms with E-state index in [1.807, 2.05) is 0 Å². The van der Waals surface area contributed by atoms with Gasteiger partial charge in [-0.25, -0.2) is 0 Å². The lowest BCUT2D eigenvalue weighted by molar-refractivity contribution is -0.144. The number of carbonyl (C=O) groups is 3. The first-order valence-corrected chi connectivity index (χ1v) is 12.9. The van der Waals surface area contributed by atoms with Gasteiger partial charge in [0.2, 0.25) is 11.8 Å². The van der Waals surface area contributed by atoms with Gasteiger partial charge >= 0.3 is 0 Å². The molecule has 0 aliphatic carbocycles. The smallest absolute Gasteiger partial charge is 0.253 e. The fraction of sp³-hybridized carbons (Fsp3) is 0.536. The molecule has 2 bridgehead atoms. The van der Waals surface area contributed by atoms with Crippen LogP contribution in [0, 0.1) is 11.8 Å². The number of ether oxygens (including phenoxy) is 2. The lowest BCUT2D eigenvalue weighted by Gasteiger charge is -2.37. The first-order chi connectivity index (χ1) is 17.8. The van der Waals surface area contributed by atoms with Gasteiger partial charge in [-0.1, -0.05) is 12.2 Å². The van der Waals surface area contributed by atoms with E-state index in [4.69, 9.17) is 9.47 Å². The van der Waals surface area contributed by atoms with Crippen LogP contribution in [0.25, 0.3) is 0 Å². The number of aliphatic hydroxyl groups excluding tert-OH is 1. The maximum Gasteiger partial charge on any atom is 0.253 e. The molecule has 3 amide bonds. The van der Waals surface area contributed by atoms with E-state index in [-0.39, 0.29) is 30.9 Å². The van der Waals surface area contributed by atoms with Crippen LogP contribution < -0.4 is 9.64 Å². The molecule has 3 heterocycles. The highest BCUT2D eigenvalue weighted by Gasteiger charge is 2.74. The van der Waals surface area contributed by atoms with Crippen LogP contribution in [0.4, 0.5) is 5.69 Å². The van der Waals surface area contributed by atoms with Crippen molar-refractivity contribution < 1.29 is 29.0 Å². The van der Waals surface area contributed by atoms with Crippen LogP contribution in [0.5, 0.6) is 5.75 Å². The molecule has 0 saturated carbocycles. The van der Waals surface area contributed by atoms with Crippen molar-refractivity contribution in [3.63, 3.8) is 0 Å². The fourth-order valence-electron chi connectivity index (χ4n) is 6.25. The highest BCUT2D eigenvalue weighted by molar-refractivity contribution is 6.05. The van der Waals surface area contributed by atoms with E-state index in [0.29, 0.717) is 50.2 Å². The summed E-state index contributed by atoms with van der Waals surface area (Å²) in [5.41, 5.74) is -0.418. The fourth-order valence-corrected chi connectivity index (χ4v) is 6.25. The number of carbonyl (C=O) groups excluding carboxylic acids is 3. The summed E-state index contributed by atoms with van der Waals surface area (Å²) in [5.74, 6) is -1.35. The number of unbranched alkanes of at least 4 members (excludes halogenated alkanes) is 1. The minimum absolute atomic E-state index is 0.00428. The molecule has 0 radical (unpaired) electrons. The molecule has 1 N–H and O–H groups in total. The van der Waals surface area contributed by atoms with E-state index in [9.17, 15) is 19.5 Å². The summed E-state index contributed by atoms with van der Waals surface area (Å²) in [4.78, 5) is 46.5. The van der Waals surface area contributed by atoms with Gasteiger partial charge in [0.25, 0.3) is 5.91 Å². The molecular formula is C28H37N3O6. The zero-order valence-electron chi connectivity index (χ0n) is 21.7. The molecule has 1 spiro atoms. The Bertz CT molecular complexity index is 1040. The second-order valence-corrected chi connectivity index (χ2v) is 9.96. The number of methoxy groups -OCH3 is 1. The SMILES string of the molecule is C=CCN(C)C(=O)[C@@H]1[C@H]2C(=O)N(CCCCO)C(C(=O)N(CC=C)c3ccc(OC)cc3)C23CC[C@H]1O3. The Morgan fingerprint density at radius 2 is 1.89 bits per heavy atom. The number of amides is 3. The molecule has 3 aliphatic rings. The molecule has 9 nitrogen and oxygen atoms in total. The normalized spacial score (nSPS) is 27.6. The number of likely N-dealkylation sites (N-methyl/N-ethyl adjacent to an activating group) is 1. The Kier molecular flexibility index (Phi) is 8.04. The van der Waals surface area contributed by atoms with Crippen LogP contribution in [0.3, 0.4) is 0 Å². The number of nitrogens with zero attached hydrogens (tertiary/aromatic N) is 3. The Labute approximate surface area is 218 Å². The second kappa shape index (κ2) is 11.1. The van der Waals surface area contributed by atoms with Crippen LogP contribution >= 0.6 is 0 Å². The third kappa shape index (κ3) is 4.55. The van der Waals surface area contributed by atoms with Crippen LogP contribution in [0.2, 0.25) is 0 Å². The number of rotatable bonds is 12. The molecule has 9 heteroatoms. The summed E-state index contributed by atoms with van der Waals surface area (Å²) in [5, 5.41) is 9.34. The molecule has 1 aromatic rings. The number of hydrogen-bond donors (Lipinski definition) is 1. The summed E-state index contributed by atoms with van der Waals surface area (Å²) >= 11 is 0. The van der Waals surface area contributed by atoms with Gasteiger partial charge in [0.15, 0.2) is 0 Å². The highest BCUT2D eigenvalue weighted by atomic mass is 16.5. The minimum atomic E-state index is -1.07. The van der Waals surface area contributed by atoms with E-state index in [2.05, 4.69) is 13.2 Å². The Morgan fingerprint density at radius 1 is 1.19 bits per heavy atom. The average Bonchev–Trinajstić information content (AvgIpc) is 3.54. The largest absolute Gasteiger partial charge is 0.497 e. The predicted molar refractivity (Wildman–Crippen MR) is 139 cm³/mol. The quantitative estimate of drug-likeness (QED) is 0.341. The third-order valence-corrected chi connectivity index (χ3v) is 7.87. The maximum atomic E-state index is 14.3. The summed E-state index contributed by atoms with van der Waals surface area (Å²) in [6.07, 6.45) is 5.07. The molecule has 200 valence electrons. The van der Waals surface area contributed by atoms with Crippen LogP contribution in [-0.2, 0) is 19.1 Å². The first-order valence-electron chi connectivity index (χ1n) is 12.9. The molecule has 3 aliphatic heterocycles. The van der Waals surface area contributed by atoms with Crippen LogP contribution in [0.15, 0.2) is 49.6 Å². The van der Waals surface area contributed by atoms with E-state index in [1.165, 1.54) is 0 Å². The summed E-state index contributed by atoms with van der Waals surface area (Å²) < 4.78 is 11.8. The molecule has 3 fully saturated rings. The second-order valence-electron chi connectivity index (χ2n) is 9.96. The molecular weight excluding hydrogens is 474 g/mol. The van der Waals surface area contributed by atoms with Gasteiger partial charge < -0.3 is 29.3 Å².